The number of amides is 1. The van der Waals surface area contributed by atoms with Crippen LogP contribution in [0.15, 0.2) is 18.2 Å². The number of aryl methyl sites for hydroxylation is 1. The molecule has 6 heteroatoms. The molecule has 0 aliphatic heterocycles. The first-order valence-corrected chi connectivity index (χ1v) is 6.45. The second-order valence-electron chi connectivity index (χ2n) is 5.78. The highest BCUT2D eigenvalue weighted by atomic mass is 16.6. The Morgan fingerprint density at radius 1 is 1.35 bits per heavy atom. The summed E-state index contributed by atoms with van der Waals surface area (Å²) in [5.74, 6) is -0.0980. The van der Waals surface area contributed by atoms with Gasteiger partial charge in [-0.05, 0) is 33.3 Å². The maximum Gasteiger partial charge on any atom is 0.272 e. The lowest BCUT2D eigenvalue weighted by molar-refractivity contribution is -0.385. The van der Waals surface area contributed by atoms with Gasteiger partial charge in [-0.25, -0.2) is 0 Å². The monoisotopic (exact) mass is 279 g/mol. The number of rotatable bonds is 5. The van der Waals surface area contributed by atoms with Crippen molar-refractivity contribution in [2.45, 2.75) is 39.8 Å². The normalized spacial score (nSPS) is 11.2. The van der Waals surface area contributed by atoms with E-state index < -0.39 is 4.92 Å². The first-order chi connectivity index (χ1) is 9.19. The average molecular weight is 279 g/mol. The van der Waals surface area contributed by atoms with Crippen molar-refractivity contribution >= 4 is 11.6 Å². The van der Waals surface area contributed by atoms with Gasteiger partial charge >= 0.3 is 0 Å². The van der Waals surface area contributed by atoms with Crippen molar-refractivity contribution in [1.29, 1.82) is 0 Å². The summed E-state index contributed by atoms with van der Waals surface area (Å²) in [6, 6.07) is 5.06. The zero-order valence-corrected chi connectivity index (χ0v) is 12.3. The van der Waals surface area contributed by atoms with Gasteiger partial charge in [-0.2, -0.15) is 0 Å². The quantitative estimate of drug-likeness (QED) is 0.637. The zero-order valence-electron chi connectivity index (χ0n) is 12.3. The summed E-state index contributed by atoms with van der Waals surface area (Å²) in [6.45, 7) is 8.03. The average Bonchev–Trinajstić information content (AvgIpc) is 2.28. The Balaban J connectivity index is 2.53. The third-order valence-electron chi connectivity index (χ3n) is 2.60. The number of hydrogen-bond donors (Lipinski definition) is 2. The summed E-state index contributed by atoms with van der Waals surface area (Å²) in [4.78, 5) is 22.0. The van der Waals surface area contributed by atoms with Gasteiger partial charge in [0.1, 0.15) is 0 Å². The summed E-state index contributed by atoms with van der Waals surface area (Å²) in [6.07, 6.45) is 0. The van der Waals surface area contributed by atoms with Crippen LogP contribution in [0.3, 0.4) is 0 Å². The van der Waals surface area contributed by atoms with Crippen molar-refractivity contribution in [3.63, 3.8) is 0 Å². The van der Waals surface area contributed by atoms with Crippen LogP contribution in [-0.4, -0.2) is 22.9 Å². The minimum atomic E-state index is -0.398. The van der Waals surface area contributed by atoms with Gasteiger partial charge in [0.2, 0.25) is 5.91 Å². The minimum absolute atomic E-state index is 0.0980. The molecule has 0 spiro atoms. The number of nitro groups is 1. The fourth-order valence-electron chi connectivity index (χ4n) is 1.74. The van der Waals surface area contributed by atoms with Crippen LogP contribution < -0.4 is 10.6 Å². The molecule has 0 aliphatic rings. The van der Waals surface area contributed by atoms with E-state index in [9.17, 15) is 14.9 Å². The zero-order chi connectivity index (χ0) is 15.3. The topological polar surface area (TPSA) is 84.3 Å². The molecule has 6 nitrogen and oxygen atoms in total. The van der Waals surface area contributed by atoms with Gasteiger partial charge in [-0.3, -0.25) is 14.9 Å². The van der Waals surface area contributed by atoms with Crippen molar-refractivity contribution in [3.05, 3.63) is 39.4 Å². The largest absolute Gasteiger partial charge is 0.350 e. The molecular weight excluding hydrogens is 258 g/mol. The Kier molecular flexibility index (Phi) is 5.21. The number of hydrogen-bond acceptors (Lipinski definition) is 4. The summed E-state index contributed by atoms with van der Waals surface area (Å²) >= 11 is 0. The Morgan fingerprint density at radius 2 is 2.00 bits per heavy atom. The third-order valence-corrected chi connectivity index (χ3v) is 2.60. The molecule has 1 amide bonds. The Labute approximate surface area is 118 Å². The van der Waals surface area contributed by atoms with Crippen molar-refractivity contribution < 1.29 is 9.72 Å². The molecule has 20 heavy (non-hydrogen) atoms. The number of nitrogens with zero attached hydrogens (tertiary/aromatic N) is 1. The molecule has 1 aromatic rings. The Hall–Kier alpha value is -1.95. The molecule has 0 unspecified atom stereocenters. The van der Waals surface area contributed by atoms with Gasteiger partial charge in [0.15, 0.2) is 0 Å². The summed E-state index contributed by atoms with van der Waals surface area (Å²) in [5.41, 5.74) is 1.25. The summed E-state index contributed by atoms with van der Waals surface area (Å²) in [5, 5.41) is 16.6. The molecule has 0 radical (unpaired) electrons. The maximum absolute atomic E-state index is 11.6. The lowest BCUT2D eigenvalue weighted by Crippen LogP contribution is -2.44. The van der Waals surface area contributed by atoms with E-state index in [1.54, 1.807) is 13.0 Å². The molecule has 0 saturated carbocycles. The summed E-state index contributed by atoms with van der Waals surface area (Å²) in [7, 11) is 0. The highest BCUT2D eigenvalue weighted by Crippen LogP contribution is 2.18. The van der Waals surface area contributed by atoms with Crippen LogP contribution >= 0.6 is 0 Å². The van der Waals surface area contributed by atoms with Crippen LogP contribution in [0.25, 0.3) is 0 Å². The number of benzene rings is 1. The maximum atomic E-state index is 11.6. The molecule has 0 saturated heterocycles. The molecule has 0 bridgehead atoms. The fraction of sp³-hybridized carbons (Fsp3) is 0.500. The second kappa shape index (κ2) is 6.47. The van der Waals surface area contributed by atoms with Crippen LogP contribution in [0.4, 0.5) is 5.69 Å². The molecular formula is C14H21N3O3. The number of nitro benzene ring substituents is 1. The van der Waals surface area contributed by atoms with E-state index >= 15 is 0 Å². The van der Waals surface area contributed by atoms with Gasteiger partial charge in [0, 0.05) is 23.7 Å². The smallest absolute Gasteiger partial charge is 0.272 e. The lowest BCUT2D eigenvalue weighted by atomic mass is 10.1. The van der Waals surface area contributed by atoms with Crippen molar-refractivity contribution in [1.82, 2.24) is 10.6 Å². The molecule has 0 fully saturated rings. The van der Waals surface area contributed by atoms with Crippen molar-refractivity contribution in [2.24, 2.45) is 0 Å². The van der Waals surface area contributed by atoms with Crippen LogP contribution in [0.2, 0.25) is 0 Å². The van der Waals surface area contributed by atoms with E-state index in [4.69, 9.17) is 0 Å². The highest BCUT2D eigenvalue weighted by molar-refractivity contribution is 5.78. The number of nitrogens with one attached hydrogen (secondary N) is 2. The Bertz CT molecular complexity index is 507. The number of carbonyl (C=O) groups excluding carboxylic acids is 1. The van der Waals surface area contributed by atoms with Gasteiger partial charge in [-0.15, -0.1) is 0 Å². The van der Waals surface area contributed by atoms with Crippen LogP contribution in [0.1, 0.15) is 31.9 Å². The van der Waals surface area contributed by atoms with Crippen LogP contribution in [-0.2, 0) is 11.3 Å². The van der Waals surface area contributed by atoms with Crippen molar-refractivity contribution in [3.8, 4) is 0 Å². The van der Waals surface area contributed by atoms with Gasteiger partial charge < -0.3 is 10.6 Å². The van der Waals surface area contributed by atoms with Gasteiger partial charge in [-0.1, -0.05) is 12.1 Å². The molecule has 0 atom stereocenters. The first kappa shape index (κ1) is 16.1. The van der Waals surface area contributed by atoms with E-state index in [1.165, 1.54) is 6.07 Å². The minimum Gasteiger partial charge on any atom is -0.350 e. The van der Waals surface area contributed by atoms with E-state index in [1.807, 2.05) is 26.8 Å². The SMILES string of the molecule is Cc1ccc(CNCC(=O)NC(C)(C)C)cc1[N+](=O)[O-]. The Morgan fingerprint density at radius 3 is 2.55 bits per heavy atom. The molecule has 0 aliphatic carbocycles. The molecule has 0 aromatic heterocycles. The van der Waals surface area contributed by atoms with E-state index in [2.05, 4.69) is 10.6 Å². The van der Waals surface area contributed by atoms with Crippen molar-refractivity contribution in [2.75, 3.05) is 6.54 Å². The third kappa shape index (κ3) is 5.36. The van der Waals surface area contributed by atoms with E-state index in [-0.39, 0.29) is 23.7 Å². The van der Waals surface area contributed by atoms with Crippen LogP contribution in [0, 0.1) is 17.0 Å². The van der Waals surface area contributed by atoms with E-state index in [0.717, 1.165) is 5.56 Å². The predicted octanol–water partition coefficient (Wildman–Crippen LogP) is 1.91. The molecule has 2 N–H and O–H groups in total. The standard InChI is InChI=1S/C14H21N3O3/c1-10-5-6-11(7-12(10)17(19)20)8-15-9-13(18)16-14(2,3)4/h5-7,15H,8-9H2,1-4H3,(H,16,18). The first-order valence-electron chi connectivity index (χ1n) is 6.45. The lowest BCUT2D eigenvalue weighted by Gasteiger charge is -2.20. The number of carbonyl (C=O) groups is 1. The fourth-order valence-corrected chi connectivity index (χ4v) is 1.74. The van der Waals surface area contributed by atoms with E-state index in [0.29, 0.717) is 12.1 Å². The predicted molar refractivity (Wildman–Crippen MR) is 77.4 cm³/mol. The van der Waals surface area contributed by atoms with Gasteiger partial charge in [0.05, 0.1) is 11.5 Å². The highest BCUT2D eigenvalue weighted by Gasteiger charge is 2.14. The molecule has 1 aromatic carbocycles. The molecule has 110 valence electrons. The van der Waals surface area contributed by atoms with Gasteiger partial charge in [0.25, 0.3) is 5.69 Å². The summed E-state index contributed by atoms with van der Waals surface area (Å²) < 4.78 is 0. The molecule has 1 rings (SSSR count). The molecule has 0 heterocycles. The van der Waals surface area contributed by atoms with Crippen LogP contribution in [0.5, 0.6) is 0 Å². The second-order valence-corrected chi connectivity index (χ2v) is 5.78.